The zero-order valence-corrected chi connectivity index (χ0v) is 18.2. The summed E-state index contributed by atoms with van der Waals surface area (Å²) in [5.74, 6) is 0.866. The molecule has 0 aliphatic heterocycles. The zero-order chi connectivity index (χ0) is 21.7. The highest BCUT2D eigenvalue weighted by molar-refractivity contribution is 7.19. The van der Waals surface area contributed by atoms with Crippen LogP contribution in [0.1, 0.15) is 24.4 Å². The molecule has 0 aliphatic rings. The van der Waals surface area contributed by atoms with E-state index >= 15 is 0 Å². The summed E-state index contributed by atoms with van der Waals surface area (Å²) >= 11 is 1.48. The minimum Gasteiger partial charge on any atom is -0.490 e. The number of nitrogens with zero attached hydrogens (tertiary/aromatic N) is 3. The number of carbonyl (C=O) groups is 1. The van der Waals surface area contributed by atoms with Gasteiger partial charge in [0.05, 0.1) is 22.4 Å². The van der Waals surface area contributed by atoms with E-state index in [1.807, 2.05) is 37.3 Å². The SMILES string of the molecule is CCOc1cc(/C=C(\C#N)c2nc3ccccc3s2)ccc1O[C@H](C)C(=O)N(C)C. The molecule has 1 atom stereocenters. The smallest absolute Gasteiger partial charge is 0.262 e. The topological polar surface area (TPSA) is 75.5 Å². The minimum absolute atomic E-state index is 0.135. The highest BCUT2D eigenvalue weighted by Gasteiger charge is 2.19. The number of carbonyl (C=O) groups excluding carboxylic acids is 1. The molecule has 0 N–H and O–H groups in total. The fourth-order valence-corrected chi connectivity index (χ4v) is 3.81. The summed E-state index contributed by atoms with van der Waals surface area (Å²) in [6.45, 7) is 4.03. The number of benzene rings is 2. The lowest BCUT2D eigenvalue weighted by atomic mass is 10.1. The van der Waals surface area contributed by atoms with Crippen LogP contribution in [0.4, 0.5) is 0 Å². The first-order chi connectivity index (χ1) is 14.4. The van der Waals surface area contributed by atoms with Gasteiger partial charge in [0.25, 0.3) is 5.91 Å². The lowest BCUT2D eigenvalue weighted by Crippen LogP contribution is -2.35. The fourth-order valence-electron chi connectivity index (χ4n) is 2.88. The average Bonchev–Trinajstić information content (AvgIpc) is 3.17. The molecule has 154 valence electrons. The van der Waals surface area contributed by atoms with Gasteiger partial charge in [-0.05, 0) is 49.8 Å². The summed E-state index contributed by atoms with van der Waals surface area (Å²) in [5.41, 5.74) is 2.13. The first-order valence-corrected chi connectivity index (χ1v) is 10.4. The van der Waals surface area contributed by atoms with Crippen LogP contribution in [-0.2, 0) is 4.79 Å². The zero-order valence-electron chi connectivity index (χ0n) is 17.4. The average molecular weight is 422 g/mol. The largest absolute Gasteiger partial charge is 0.490 e. The van der Waals surface area contributed by atoms with Crippen molar-refractivity contribution in [3.8, 4) is 17.6 Å². The number of nitriles is 1. The van der Waals surface area contributed by atoms with Crippen LogP contribution in [0.5, 0.6) is 11.5 Å². The Hall–Kier alpha value is -3.37. The molecule has 1 amide bonds. The van der Waals surface area contributed by atoms with Crippen LogP contribution in [0.25, 0.3) is 21.9 Å². The van der Waals surface area contributed by atoms with Gasteiger partial charge < -0.3 is 14.4 Å². The van der Waals surface area contributed by atoms with E-state index < -0.39 is 6.10 Å². The van der Waals surface area contributed by atoms with Crippen LogP contribution in [0.15, 0.2) is 42.5 Å². The van der Waals surface area contributed by atoms with Crippen LogP contribution in [0.3, 0.4) is 0 Å². The van der Waals surface area contributed by atoms with Gasteiger partial charge in [-0.15, -0.1) is 11.3 Å². The number of allylic oxidation sites excluding steroid dienone is 1. The standard InChI is InChI=1S/C23H23N3O3S/c1-5-28-20-13-16(10-11-19(20)29-15(2)23(27)26(3)4)12-17(14-24)22-25-18-8-6-7-9-21(18)30-22/h6-13,15H,5H2,1-4H3/b17-12+/t15-/m1/s1. The summed E-state index contributed by atoms with van der Waals surface area (Å²) in [6, 6.07) is 15.4. The molecule has 0 fully saturated rings. The third kappa shape index (κ3) is 4.78. The number of hydrogen-bond acceptors (Lipinski definition) is 6. The molecule has 0 saturated carbocycles. The fraction of sp³-hybridized carbons (Fsp3) is 0.261. The predicted molar refractivity (Wildman–Crippen MR) is 119 cm³/mol. The summed E-state index contributed by atoms with van der Waals surface area (Å²) in [5, 5.41) is 10.3. The van der Waals surface area contributed by atoms with Crippen molar-refractivity contribution in [1.29, 1.82) is 5.26 Å². The Kier molecular flexibility index (Phi) is 6.70. The van der Waals surface area contributed by atoms with Gasteiger partial charge in [0, 0.05) is 14.1 Å². The summed E-state index contributed by atoms with van der Waals surface area (Å²) < 4.78 is 12.6. The maximum Gasteiger partial charge on any atom is 0.262 e. The van der Waals surface area contributed by atoms with E-state index in [0.29, 0.717) is 28.7 Å². The van der Waals surface area contributed by atoms with E-state index in [4.69, 9.17) is 9.47 Å². The molecule has 7 heteroatoms. The molecule has 0 radical (unpaired) electrons. The molecule has 0 aliphatic carbocycles. The number of amides is 1. The Morgan fingerprint density at radius 2 is 2.03 bits per heavy atom. The molecule has 3 rings (SSSR count). The first-order valence-electron chi connectivity index (χ1n) is 9.55. The Morgan fingerprint density at radius 3 is 2.70 bits per heavy atom. The molecule has 30 heavy (non-hydrogen) atoms. The van der Waals surface area contributed by atoms with E-state index in [1.165, 1.54) is 16.2 Å². The number of hydrogen-bond donors (Lipinski definition) is 0. The van der Waals surface area contributed by atoms with Gasteiger partial charge in [0.2, 0.25) is 0 Å². The van der Waals surface area contributed by atoms with E-state index in [-0.39, 0.29) is 5.91 Å². The van der Waals surface area contributed by atoms with Gasteiger partial charge >= 0.3 is 0 Å². The lowest BCUT2D eigenvalue weighted by molar-refractivity contribution is -0.135. The maximum atomic E-state index is 12.1. The molecule has 0 saturated heterocycles. The van der Waals surface area contributed by atoms with Crippen molar-refractivity contribution in [2.45, 2.75) is 20.0 Å². The maximum absolute atomic E-state index is 12.1. The van der Waals surface area contributed by atoms with Crippen LogP contribution in [0.2, 0.25) is 0 Å². The molecule has 0 spiro atoms. The van der Waals surface area contributed by atoms with E-state index in [0.717, 1.165) is 15.8 Å². The number of thiazole rings is 1. The Bertz CT molecular complexity index is 1100. The van der Waals surface area contributed by atoms with Gasteiger partial charge in [0.15, 0.2) is 17.6 Å². The van der Waals surface area contributed by atoms with E-state index in [1.54, 1.807) is 39.2 Å². The van der Waals surface area contributed by atoms with Crippen molar-refractivity contribution in [3.63, 3.8) is 0 Å². The Labute approximate surface area is 180 Å². The Balaban J connectivity index is 1.92. The number of fused-ring (bicyclic) bond motifs is 1. The Morgan fingerprint density at radius 1 is 1.27 bits per heavy atom. The third-order valence-corrected chi connectivity index (χ3v) is 5.39. The van der Waals surface area contributed by atoms with Gasteiger partial charge in [-0.3, -0.25) is 4.79 Å². The molecule has 0 bridgehead atoms. The molecule has 2 aromatic carbocycles. The molecule has 1 aromatic heterocycles. The molecule has 6 nitrogen and oxygen atoms in total. The van der Waals surface area contributed by atoms with Crippen molar-refractivity contribution in [2.24, 2.45) is 0 Å². The minimum atomic E-state index is -0.641. The van der Waals surface area contributed by atoms with Crippen molar-refractivity contribution in [3.05, 3.63) is 53.0 Å². The van der Waals surface area contributed by atoms with Crippen molar-refractivity contribution >= 4 is 39.1 Å². The highest BCUT2D eigenvalue weighted by Crippen LogP contribution is 2.32. The molecule has 0 unspecified atom stereocenters. The molecule has 1 heterocycles. The second-order valence-electron chi connectivity index (χ2n) is 6.79. The second-order valence-corrected chi connectivity index (χ2v) is 7.82. The van der Waals surface area contributed by atoms with Crippen molar-refractivity contribution in [1.82, 2.24) is 9.88 Å². The van der Waals surface area contributed by atoms with Gasteiger partial charge in [-0.2, -0.15) is 5.26 Å². The quantitative estimate of drug-likeness (QED) is 0.521. The highest BCUT2D eigenvalue weighted by atomic mass is 32.1. The number of rotatable bonds is 7. The molecular formula is C23H23N3O3S. The van der Waals surface area contributed by atoms with Crippen LogP contribution in [0, 0.1) is 11.3 Å². The number of ether oxygens (including phenoxy) is 2. The first kappa shape index (κ1) is 21.3. The van der Waals surface area contributed by atoms with Gasteiger partial charge in [-0.25, -0.2) is 4.98 Å². The molecule has 3 aromatic rings. The predicted octanol–water partition coefficient (Wildman–Crippen LogP) is 4.61. The summed E-state index contributed by atoms with van der Waals surface area (Å²) in [7, 11) is 3.37. The molecular weight excluding hydrogens is 398 g/mol. The van der Waals surface area contributed by atoms with Crippen LogP contribution in [-0.4, -0.2) is 42.6 Å². The second kappa shape index (κ2) is 9.42. The summed E-state index contributed by atoms with van der Waals surface area (Å²) in [6.07, 6.45) is 1.14. The lowest BCUT2D eigenvalue weighted by Gasteiger charge is -2.20. The summed E-state index contributed by atoms with van der Waals surface area (Å²) in [4.78, 5) is 18.2. The third-order valence-electron chi connectivity index (χ3n) is 4.32. The van der Waals surface area contributed by atoms with Gasteiger partial charge in [-0.1, -0.05) is 18.2 Å². The monoisotopic (exact) mass is 421 g/mol. The van der Waals surface area contributed by atoms with Gasteiger partial charge in [0.1, 0.15) is 11.1 Å². The number of para-hydroxylation sites is 1. The normalized spacial score (nSPS) is 12.3. The van der Waals surface area contributed by atoms with Crippen LogP contribution >= 0.6 is 11.3 Å². The van der Waals surface area contributed by atoms with Crippen LogP contribution < -0.4 is 9.47 Å². The number of aromatic nitrogens is 1. The van der Waals surface area contributed by atoms with Crippen molar-refractivity contribution in [2.75, 3.05) is 20.7 Å². The van der Waals surface area contributed by atoms with E-state index in [2.05, 4.69) is 11.1 Å². The van der Waals surface area contributed by atoms with Crippen molar-refractivity contribution < 1.29 is 14.3 Å². The number of likely N-dealkylation sites (N-methyl/N-ethyl adjacent to an activating group) is 1. The van der Waals surface area contributed by atoms with E-state index in [9.17, 15) is 10.1 Å².